The van der Waals surface area contributed by atoms with E-state index in [1.807, 2.05) is 30.3 Å². The first-order chi connectivity index (χ1) is 18.0. The summed E-state index contributed by atoms with van der Waals surface area (Å²) >= 11 is 1.73. The maximum Gasteiger partial charge on any atom is 0.304 e. The summed E-state index contributed by atoms with van der Waals surface area (Å²) in [5, 5.41) is 12.6. The first-order valence-corrected chi connectivity index (χ1v) is 13.0. The smallest absolute Gasteiger partial charge is 0.304 e. The molecule has 1 aromatic heterocycles. The SMILES string of the molecule is CC#C[C@@H](CC(=O)O)c1ccc(OCc2ccc3scc(-c4ccc(OCCOC)cc4C)c3c2)cc1.S. The number of carboxylic acids is 1. The molecule has 0 radical (unpaired) electrons. The van der Waals surface area contributed by atoms with Gasteiger partial charge in [0.25, 0.3) is 0 Å². The molecule has 0 unspecified atom stereocenters. The quantitative estimate of drug-likeness (QED) is 0.159. The van der Waals surface area contributed by atoms with Crippen LogP contribution in [0.2, 0.25) is 0 Å². The van der Waals surface area contributed by atoms with Crippen molar-refractivity contribution in [2.45, 2.75) is 32.8 Å². The zero-order chi connectivity index (χ0) is 26.2. The second kappa shape index (κ2) is 13.9. The molecule has 0 saturated carbocycles. The van der Waals surface area contributed by atoms with Crippen LogP contribution in [0.15, 0.2) is 66.0 Å². The third-order valence-corrected chi connectivity index (χ3v) is 7.03. The average Bonchev–Trinajstić information content (AvgIpc) is 3.30. The Morgan fingerprint density at radius 1 is 0.974 bits per heavy atom. The van der Waals surface area contributed by atoms with Crippen molar-refractivity contribution in [1.29, 1.82) is 0 Å². The number of benzene rings is 3. The van der Waals surface area contributed by atoms with Gasteiger partial charge in [-0.25, -0.2) is 0 Å². The molecule has 0 bridgehead atoms. The van der Waals surface area contributed by atoms with Gasteiger partial charge in [0.2, 0.25) is 0 Å². The normalized spacial score (nSPS) is 11.2. The lowest BCUT2D eigenvalue weighted by Crippen LogP contribution is -2.04. The van der Waals surface area contributed by atoms with Crippen LogP contribution >= 0.6 is 24.8 Å². The third kappa shape index (κ3) is 7.32. The number of aryl methyl sites for hydroxylation is 1. The highest BCUT2D eigenvalue weighted by molar-refractivity contribution is 7.59. The fraction of sp³-hybridized carbons (Fsp3) is 0.258. The number of hydrogen-bond acceptors (Lipinski definition) is 5. The van der Waals surface area contributed by atoms with Crippen molar-refractivity contribution in [3.05, 3.63) is 82.7 Å². The Morgan fingerprint density at radius 2 is 1.74 bits per heavy atom. The van der Waals surface area contributed by atoms with Gasteiger partial charge >= 0.3 is 5.97 Å². The van der Waals surface area contributed by atoms with Gasteiger partial charge in [0.05, 0.1) is 18.9 Å². The minimum absolute atomic E-state index is 0. The van der Waals surface area contributed by atoms with E-state index in [1.54, 1.807) is 25.4 Å². The Balaban J connectivity index is 0.00000400. The lowest BCUT2D eigenvalue weighted by Gasteiger charge is -2.12. The van der Waals surface area contributed by atoms with Crippen molar-refractivity contribution < 1.29 is 24.1 Å². The van der Waals surface area contributed by atoms with Crippen molar-refractivity contribution >= 4 is 40.9 Å². The van der Waals surface area contributed by atoms with E-state index >= 15 is 0 Å². The number of thiophene rings is 1. The fourth-order valence-electron chi connectivity index (χ4n) is 4.21. The Bertz CT molecular complexity index is 1430. The van der Waals surface area contributed by atoms with Crippen molar-refractivity contribution in [3.63, 3.8) is 0 Å². The molecule has 0 aliphatic rings. The van der Waals surface area contributed by atoms with E-state index in [0.29, 0.717) is 19.8 Å². The Kier molecular flexibility index (Phi) is 10.7. The van der Waals surface area contributed by atoms with E-state index in [9.17, 15) is 4.79 Å². The van der Waals surface area contributed by atoms with Gasteiger partial charge in [-0.1, -0.05) is 30.2 Å². The van der Waals surface area contributed by atoms with Gasteiger partial charge < -0.3 is 19.3 Å². The highest BCUT2D eigenvalue weighted by atomic mass is 32.1. The van der Waals surface area contributed by atoms with Gasteiger partial charge in [-0.3, -0.25) is 4.79 Å². The summed E-state index contributed by atoms with van der Waals surface area (Å²) in [6, 6.07) is 20.1. The van der Waals surface area contributed by atoms with Gasteiger partial charge in [0.15, 0.2) is 0 Å². The molecule has 0 fully saturated rings. The second-order valence-electron chi connectivity index (χ2n) is 8.70. The molecule has 0 aliphatic carbocycles. The van der Waals surface area contributed by atoms with Crippen LogP contribution in [0.5, 0.6) is 11.5 Å². The van der Waals surface area contributed by atoms with E-state index in [2.05, 4.69) is 54.5 Å². The predicted molar refractivity (Wildman–Crippen MR) is 159 cm³/mol. The highest BCUT2D eigenvalue weighted by Gasteiger charge is 2.14. The van der Waals surface area contributed by atoms with E-state index in [4.69, 9.17) is 19.3 Å². The Morgan fingerprint density at radius 3 is 2.42 bits per heavy atom. The summed E-state index contributed by atoms with van der Waals surface area (Å²) in [6.07, 6.45) is -0.0208. The van der Waals surface area contributed by atoms with Crippen LogP contribution in [0, 0.1) is 18.8 Å². The van der Waals surface area contributed by atoms with Crippen LogP contribution in [0.25, 0.3) is 21.2 Å². The van der Waals surface area contributed by atoms with Crippen LogP contribution in [-0.4, -0.2) is 31.4 Å². The average molecular weight is 549 g/mol. The first-order valence-electron chi connectivity index (χ1n) is 12.1. The standard InChI is InChI=1S/C31H30O5S.H2S/c1-4-5-24(18-31(32)33)23-7-9-25(10-8-23)36-19-22-6-13-30-28(17-22)29(20-37-30)27-12-11-26(16-21(27)2)35-15-14-34-3;/h6-13,16-17,20,24H,14-15,18-19H2,1-3H3,(H,32,33);1H2/t24-;/m0./s1. The molecule has 1 heterocycles. The summed E-state index contributed by atoms with van der Waals surface area (Å²) in [7, 11) is 1.66. The molecule has 1 atom stereocenters. The predicted octanol–water partition coefficient (Wildman–Crippen LogP) is 7.18. The number of methoxy groups -OCH3 is 1. The molecule has 0 spiro atoms. The van der Waals surface area contributed by atoms with Gasteiger partial charge in [-0.15, -0.1) is 17.3 Å². The molecule has 198 valence electrons. The molecule has 1 N–H and O–H groups in total. The summed E-state index contributed by atoms with van der Waals surface area (Å²) in [5.74, 6) is 6.18. The summed E-state index contributed by atoms with van der Waals surface area (Å²) in [4.78, 5) is 11.2. The van der Waals surface area contributed by atoms with E-state index < -0.39 is 5.97 Å². The summed E-state index contributed by atoms with van der Waals surface area (Å²) in [6.45, 7) is 5.34. The first kappa shape index (κ1) is 29.1. The van der Waals surface area contributed by atoms with Gasteiger partial charge in [-0.05, 0) is 77.9 Å². The number of rotatable bonds is 11. The minimum Gasteiger partial charge on any atom is -0.491 e. The van der Waals surface area contributed by atoms with Gasteiger partial charge in [-0.2, -0.15) is 13.5 Å². The number of carboxylic acid groups (broad SMARTS) is 1. The van der Waals surface area contributed by atoms with Crippen molar-refractivity contribution in [2.75, 3.05) is 20.3 Å². The van der Waals surface area contributed by atoms with E-state index in [-0.39, 0.29) is 25.8 Å². The van der Waals surface area contributed by atoms with Crippen molar-refractivity contribution in [3.8, 4) is 34.5 Å². The number of hydrogen-bond donors (Lipinski definition) is 1. The molecule has 4 aromatic rings. The second-order valence-corrected chi connectivity index (χ2v) is 9.61. The van der Waals surface area contributed by atoms with Crippen LogP contribution in [0.3, 0.4) is 0 Å². The fourth-order valence-corrected chi connectivity index (χ4v) is 5.15. The molecule has 7 heteroatoms. The van der Waals surface area contributed by atoms with Crippen LogP contribution in [0.1, 0.15) is 36.0 Å². The maximum absolute atomic E-state index is 11.2. The number of carbonyl (C=O) groups is 1. The molecule has 0 amide bonds. The Hall–Kier alpha value is -3.44. The number of ether oxygens (including phenoxy) is 3. The van der Waals surface area contributed by atoms with Crippen molar-refractivity contribution in [2.24, 2.45) is 0 Å². The Labute approximate surface area is 234 Å². The van der Waals surface area contributed by atoms with Gasteiger partial charge in [0.1, 0.15) is 24.7 Å². The lowest BCUT2D eigenvalue weighted by atomic mass is 9.96. The van der Waals surface area contributed by atoms with Gasteiger partial charge in [0, 0.05) is 22.8 Å². The van der Waals surface area contributed by atoms with Crippen LogP contribution < -0.4 is 9.47 Å². The van der Waals surface area contributed by atoms with E-state index in [0.717, 1.165) is 28.2 Å². The topological polar surface area (TPSA) is 65.0 Å². The maximum atomic E-state index is 11.2. The molecule has 5 nitrogen and oxygen atoms in total. The lowest BCUT2D eigenvalue weighted by molar-refractivity contribution is -0.137. The monoisotopic (exact) mass is 548 g/mol. The molecular weight excluding hydrogens is 516 g/mol. The molecule has 3 aromatic carbocycles. The zero-order valence-electron chi connectivity index (χ0n) is 21.7. The zero-order valence-corrected chi connectivity index (χ0v) is 23.6. The minimum atomic E-state index is -0.863. The van der Waals surface area contributed by atoms with Crippen LogP contribution in [-0.2, 0) is 16.1 Å². The molecular formula is C31H32O5S2. The summed E-state index contributed by atoms with van der Waals surface area (Å²) < 4.78 is 18.1. The van der Waals surface area contributed by atoms with Crippen molar-refractivity contribution in [1.82, 2.24) is 0 Å². The number of fused-ring (bicyclic) bond motifs is 1. The van der Waals surface area contributed by atoms with Crippen LogP contribution in [0.4, 0.5) is 0 Å². The molecule has 38 heavy (non-hydrogen) atoms. The highest BCUT2D eigenvalue weighted by Crippen LogP contribution is 2.37. The number of aliphatic carboxylic acids is 1. The molecule has 4 rings (SSSR count). The van der Waals surface area contributed by atoms with E-state index in [1.165, 1.54) is 21.2 Å². The third-order valence-electron chi connectivity index (χ3n) is 6.07. The summed E-state index contributed by atoms with van der Waals surface area (Å²) in [5.41, 5.74) is 5.50. The molecule has 0 aliphatic heterocycles. The largest absolute Gasteiger partial charge is 0.491 e. The molecule has 0 saturated heterocycles.